The lowest BCUT2D eigenvalue weighted by Crippen LogP contribution is -2.35. The lowest BCUT2D eigenvalue weighted by molar-refractivity contribution is 0.422. The van der Waals surface area contributed by atoms with Crippen LogP contribution in [0.2, 0.25) is 0 Å². The van der Waals surface area contributed by atoms with E-state index in [4.69, 9.17) is 10.0 Å². The first kappa shape index (κ1) is 7.18. The van der Waals surface area contributed by atoms with Crippen molar-refractivity contribution in [1.29, 1.82) is 0 Å². The molecule has 5 heteroatoms. The molecule has 0 unspecified atom stereocenters. The summed E-state index contributed by atoms with van der Waals surface area (Å²) in [5.74, 6) is 0. The summed E-state index contributed by atoms with van der Waals surface area (Å²) in [6.07, 6.45) is 3.06. The third kappa shape index (κ3) is 1.52. The van der Waals surface area contributed by atoms with Gasteiger partial charge in [0.05, 0.1) is 0 Å². The van der Waals surface area contributed by atoms with E-state index in [9.17, 15) is 0 Å². The fourth-order valence-electron chi connectivity index (χ4n) is 0.536. The minimum absolute atomic E-state index is 0.0330. The zero-order chi connectivity index (χ0) is 7.56. The van der Waals surface area contributed by atoms with Crippen molar-refractivity contribution in [2.75, 3.05) is 0 Å². The normalized spacial score (nSPS) is 9.50. The fourth-order valence-corrected chi connectivity index (χ4v) is 0.536. The van der Waals surface area contributed by atoms with Crippen LogP contribution in [0.25, 0.3) is 0 Å². The molecular weight excluding hydrogens is 131 g/mol. The molecule has 0 aliphatic rings. The molecule has 4 nitrogen and oxygen atoms in total. The van der Waals surface area contributed by atoms with Gasteiger partial charge in [-0.1, -0.05) is 0 Å². The second-order valence-corrected chi connectivity index (χ2v) is 1.99. The molecule has 0 atom stereocenters. The smallest absolute Gasteiger partial charge is 0.421 e. The van der Waals surface area contributed by atoms with Gasteiger partial charge in [-0.3, -0.25) is 0 Å². The van der Waals surface area contributed by atoms with E-state index in [1.165, 1.54) is 12.4 Å². The number of rotatable bonds is 1. The molecule has 2 N–H and O–H groups in total. The Labute approximate surface area is 58.7 Å². The molecule has 0 saturated heterocycles. The van der Waals surface area contributed by atoms with Crippen LogP contribution in [-0.4, -0.2) is 27.1 Å². The third-order valence-electron chi connectivity index (χ3n) is 1.03. The number of hydrogen-bond donors (Lipinski definition) is 2. The first-order valence-electron chi connectivity index (χ1n) is 2.85. The van der Waals surface area contributed by atoms with Crippen molar-refractivity contribution in [2.45, 2.75) is 6.92 Å². The molecule has 0 bridgehead atoms. The Bertz CT molecular complexity index is 211. The second-order valence-electron chi connectivity index (χ2n) is 1.99. The molecule has 0 spiro atoms. The maximum Gasteiger partial charge on any atom is 0.528 e. The van der Waals surface area contributed by atoms with Crippen LogP contribution in [0.5, 0.6) is 0 Å². The largest absolute Gasteiger partial charge is 0.528 e. The van der Waals surface area contributed by atoms with Crippen molar-refractivity contribution < 1.29 is 10.0 Å². The van der Waals surface area contributed by atoms with Crippen molar-refractivity contribution in [3.63, 3.8) is 0 Å². The van der Waals surface area contributed by atoms with Crippen LogP contribution < -0.4 is 5.72 Å². The van der Waals surface area contributed by atoms with Crippen molar-refractivity contribution >= 4 is 12.8 Å². The lowest BCUT2D eigenvalue weighted by Gasteiger charge is -1.95. The summed E-state index contributed by atoms with van der Waals surface area (Å²) in [5, 5.41) is 17.1. The van der Waals surface area contributed by atoms with Crippen LogP contribution in [0.3, 0.4) is 0 Å². The lowest BCUT2D eigenvalue weighted by atomic mass is 9.91. The van der Waals surface area contributed by atoms with Gasteiger partial charge in [0.2, 0.25) is 0 Å². The Morgan fingerprint density at radius 3 is 2.20 bits per heavy atom. The zero-order valence-corrected chi connectivity index (χ0v) is 5.52. The highest BCUT2D eigenvalue weighted by atomic mass is 16.4. The van der Waals surface area contributed by atoms with E-state index < -0.39 is 7.12 Å². The van der Waals surface area contributed by atoms with Crippen molar-refractivity contribution in [1.82, 2.24) is 9.97 Å². The molecule has 10 heavy (non-hydrogen) atoms. The molecular formula is C5H7BN2O2. The van der Waals surface area contributed by atoms with Gasteiger partial charge in [0.1, 0.15) is 0 Å². The molecule has 1 aromatic heterocycles. The van der Waals surface area contributed by atoms with Crippen molar-refractivity contribution in [3.8, 4) is 0 Å². The topological polar surface area (TPSA) is 66.2 Å². The maximum atomic E-state index is 8.55. The fraction of sp³-hybridized carbons (Fsp3) is 0.200. The SMILES string of the molecule is Cc1cnc(B(O)O)nc1. The predicted octanol–water partition coefficient (Wildman–Crippen LogP) is -1.54. The minimum Gasteiger partial charge on any atom is -0.421 e. The van der Waals surface area contributed by atoms with Crippen LogP contribution in [-0.2, 0) is 0 Å². The van der Waals surface area contributed by atoms with E-state index in [-0.39, 0.29) is 5.72 Å². The highest BCUT2D eigenvalue weighted by Gasteiger charge is 2.12. The third-order valence-corrected chi connectivity index (χ3v) is 1.03. The Morgan fingerprint density at radius 1 is 1.30 bits per heavy atom. The number of aryl methyl sites for hydroxylation is 1. The van der Waals surface area contributed by atoms with Gasteiger partial charge in [-0.15, -0.1) is 0 Å². The summed E-state index contributed by atoms with van der Waals surface area (Å²) >= 11 is 0. The van der Waals surface area contributed by atoms with Crippen LogP contribution in [0.4, 0.5) is 0 Å². The average molecular weight is 138 g/mol. The van der Waals surface area contributed by atoms with Gasteiger partial charge in [0.15, 0.2) is 5.72 Å². The van der Waals surface area contributed by atoms with E-state index in [1.807, 2.05) is 6.92 Å². The molecule has 0 aliphatic carbocycles. The van der Waals surface area contributed by atoms with Crippen LogP contribution in [0, 0.1) is 6.92 Å². The van der Waals surface area contributed by atoms with Crippen molar-refractivity contribution in [2.24, 2.45) is 0 Å². The number of aromatic nitrogens is 2. The van der Waals surface area contributed by atoms with Gasteiger partial charge in [-0.25, -0.2) is 9.97 Å². The monoisotopic (exact) mass is 138 g/mol. The molecule has 1 aromatic rings. The Hall–Kier alpha value is -0.935. The summed E-state index contributed by atoms with van der Waals surface area (Å²) in [5.41, 5.74) is 0.926. The van der Waals surface area contributed by atoms with E-state index in [0.717, 1.165) is 5.56 Å². The minimum atomic E-state index is -1.57. The Balaban J connectivity index is 2.89. The molecule has 0 aromatic carbocycles. The van der Waals surface area contributed by atoms with Gasteiger partial charge in [-0.2, -0.15) is 0 Å². The Kier molecular flexibility index (Phi) is 1.98. The molecule has 0 amide bonds. The van der Waals surface area contributed by atoms with E-state index in [2.05, 4.69) is 9.97 Å². The molecule has 0 fully saturated rings. The van der Waals surface area contributed by atoms with Gasteiger partial charge < -0.3 is 10.0 Å². The zero-order valence-electron chi connectivity index (χ0n) is 5.52. The molecule has 0 aliphatic heterocycles. The summed E-state index contributed by atoms with van der Waals surface area (Å²) in [7, 11) is -1.57. The highest BCUT2D eigenvalue weighted by Crippen LogP contribution is 1.84. The quantitative estimate of drug-likeness (QED) is 0.461. The molecule has 52 valence electrons. The first-order chi connectivity index (χ1) is 4.70. The molecule has 0 radical (unpaired) electrons. The maximum absolute atomic E-state index is 8.55. The molecule has 0 saturated carbocycles. The van der Waals surface area contributed by atoms with E-state index in [1.54, 1.807) is 0 Å². The standard InChI is InChI=1S/C5H7BN2O2/c1-4-2-7-5(6(9)10)8-3-4/h2-3,9-10H,1H3. The summed E-state index contributed by atoms with van der Waals surface area (Å²) < 4.78 is 0. The van der Waals surface area contributed by atoms with E-state index >= 15 is 0 Å². The van der Waals surface area contributed by atoms with Gasteiger partial charge in [0.25, 0.3) is 0 Å². The van der Waals surface area contributed by atoms with Crippen molar-refractivity contribution in [3.05, 3.63) is 18.0 Å². The molecule has 1 rings (SSSR count). The number of hydrogen-bond acceptors (Lipinski definition) is 4. The van der Waals surface area contributed by atoms with Crippen LogP contribution >= 0.6 is 0 Å². The van der Waals surface area contributed by atoms with Gasteiger partial charge in [0, 0.05) is 12.4 Å². The first-order valence-corrected chi connectivity index (χ1v) is 2.85. The number of nitrogens with zero attached hydrogens (tertiary/aromatic N) is 2. The summed E-state index contributed by atoms with van der Waals surface area (Å²) in [6.45, 7) is 1.83. The highest BCUT2D eigenvalue weighted by molar-refractivity contribution is 6.56. The van der Waals surface area contributed by atoms with Gasteiger partial charge >= 0.3 is 7.12 Å². The Morgan fingerprint density at radius 2 is 1.80 bits per heavy atom. The van der Waals surface area contributed by atoms with Crippen LogP contribution in [0.15, 0.2) is 12.4 Å². The van der Waals surface area contributed by atoms with E-state index in [0.29, 0.717) is 0 Å². The summed E-state index contributed by atoms with van der Waals surface area (Å²) in [4.78, 5) is 7.33. The predicted molar refractivity (Wildman–Crippen MR) is 36.6 cm³/mol. The molecule has 1 heterocycles. The van der Waals surface area contributed by atoms with Gasteiger partial charge in [-0.05, 0) is 12.5 Å². The van der Waals surface area contributed by atoms with Crippen LogP contribution in [0.1, 0.15) is 5.56 Å². The summed E-state index contributed by atoms with van der Waals surface area (Å²) in [6, 6.07) is 0. The second kappa shape index (κ2) is 2.77. The average Bonchev–Trinajstić information content (AvgIpc) is 1.88.